The number of amides is 1. The molecule has 0 aromatic carbocycles. The smallest absolute Gasteiger partial charge is 0.271 e. The van der Waals surface area contributed by atoms with Crippen molar-refractivity contribution in [1.29, 1.82) is 0 Å². The van der Waals surface area contributed by atoms with Crippen molar-refractivity contribution in [2.24, 2.45) is 0 Å². The highest BCUT2D eigenvalue weighted by Crippen LogP contribution is 2.26. The maximum Gasteiger partial charge on any atom is 0.271 e. The van der Waals surface area contributed by atoms with Crippen LogP contribution in [0.3, 0.4) is 0 Å². The molecular formula is C18H23N5O2. The summed E-state index contributed by atoms with van der Waals surface area (Å²) in [6, 6.07) is 0.0832. The molecule has 3 heterocycles. The molecule has 1 fully saturated rings. The summed E-state index contributed by atoms with van der Waals surface area (Å²) in [5.74, 6) is 0.813. The van der Waals surface area contributed by atoms with Crippen LogP contribution in [0.15, 0.2) is 16.9 Å². The lowest BCUT2D eigenvalue weighted by molar-refractivity contribution is 0.0927. The molecule has 4 rings (SSSR count). The Morgan fingerprint density at radius 1 is 1.32 bits per heavy atom. The summed E-state index contributed by atoms with van der Waals surface area (Å²) in [7, 11) is 0. The van der Waals surface area contributed by atoms with Crippen LogP contribution in [0.25, 0.3) is 0 Å². The third-order valence-electron chi connectivity index (χ3n) is 5.04. The maximum atomic E-state index is 12.4. The average molecular weight is 341 g/mol. The maximum absolute atomic E-state index is 12.4. The van der Waals surface area contributed by atoms with Gasteiger partial charge in [0.2, 0.25) is 0 Å². The van der Waals surface area contributed by atoms with Crippen LogP contribution in [-0.2, 0) is 19.4 Å². The monoisotopic (exact) mass is 341 g/mol. The van der Waals surface area contributed by atoms with Gasteiger partial charge >= 0.3 is 0 Å². The fourth-order valence-electron chi connectivity index (χ4n) is 3.63. The van der Waals surface area contributed by atoms with Crippen molar-refractivity contribution in [3.63, 3.8) is 0 Å². The van der Waals surface area contributed by atoms with Crippen molar-refractivity contribution >= 4 is 5.91 Å². The number of nitrogens with one attached hydrogen (secondary N) is 1. The average Bonchev–Trinajstić information content (AvgIpc) is 3.26. The number of fused-ring (bicyclic) bond motifs is 1. The van der Waals surface area contributed by atoms with Crippen molar-refractivity contribution in [2.75, 3.05) is 13.1 Å². The molecule has 0 saturated carbocycles. The molecule has 7 heteroatoms. The van der Waals surface area contributed by atoms with Crippen molar-refractivity contribution in [3.8, 4) is 0 Å². The molecule has 1 N–H and O–H groups in total. The van der Waals surface area contributed by atoms with Crippen LogP contribution < -0.4 is 5.32 Å². The van der Waals surface area contributed by atoms with Gasteiger partial charge in [0.05, 0.1) is 11.9 Å². The van der Waals surface area contributed by atoms with Gasteiger partial charge in [0, 0.05) is 30.8 Å². The molecule has 1 saturated heterocycles. The third kappa shape index (κ3) is 3.56. The summed E-state index contributed by atoms with van der Waals surface area (Å²) in [6.45, 7) is 4.97. The number of likely N-dealkylation sites (tertiary alicyclic amines) is 1. The summed E-state index contributed by atoms with van der Waals surface area (Å²) in [5.41, 5.74) is 3.37. The van der Waals surface area contributed by atoms with Gasteiger partial charge in [-0.05, 0) is 45.7 Å². The molecule has 2 aromatic heterocycles. The zero-order valence-electron chi connectivity index (χ0n) is 14.5. The van der Waals surface area contributed by atoms with E-state index in [9.17, 15) is 4.79 Å². The Kier molecular flexibility index (Phi) is 4.48. The first-order chi connectivity index (χ1) is 12.2. The molecule has 1 atom stereocenters. The first-order valence-electron chi connectivity index (χ1n) is 8.97. The topological polar surface area (TPSA) is 84.2 Å². The van der Waals surface area contributed by atoms with Gasteiger partial charge in [0.25, 0.3) is 5.91 Å². The molecule has 0 radical (unpaired) electrons. The molecule has 0 spiro atoms. The predicted molar refractivity (Wildman–Crippen MR) is 91.1 cm³/mol. The molecule has 2 aliphatic rings. The van der Waals surface area contributed by atoms with Crippen molar-refractivity contribution in [2.45, 2.75) is 51.6 Å². The number of hydrogen-bond donors (Lipinski definition) is 1. The van der Waals surface area contributed by atoms with Crippen LogP contribution in [0.1, 0.15) is 52.5 Å². The van der Waals surface area contributed by atoms with Gasteiger partial charge in [0.1, 0.15) is 17.1 Å². The van der Waals surface area contributed by atoms with E-state index in [-0.39, 0.29) is 11.9 Å². The molecule has 7 nitrogen and oxygen atoms in total. The quantitative estimate of drug-likeness (QED) is 0.910. The van der Waals surface area contributed by atoms with E-state index < -0.39 is 0 Å². The lowest BCUT2D eigenvalue weighted by Crippen LogP contribution is -2.39. The number of rotatable bonds is 4. The Morgan fingerprint density at radius 2 is 2.16 bits per heavy atom. The molecule has 1 aliphatic carbocycles. The minimum absolute atomic E-state index is 0.0832. The number of aromatic nitrogens is 3. The SMILES string of the molecule is Cc1cnc(C(=O)NC2CCc3onc(CN4CCCC4)c3C2)cn1. The molecule has 2 aromatic rings. The number of nitrogens with zero attached hydrogens (tertiary/aromatic N) is 4. The van der Waals surface area contributed by atoms with Crippen LogP contribution in [0.5, 0.6) is 0 Å². The zero-order chi connectivity index (χ0) is 17.2. The van der Waals surface area contributed by atoms with Crippen molar-refractivity contribution < 1.29 is 9.32 Å². The van der Waals surface area contributed by atoms with E-state index in [0.29, 0.717) is 5.69 Å². The highest BCUT2D eigenvalue weighted by Gasteiger charge is 2.28. The van der Waals surface area contributed by atoms with E-state index in [0.717, 1.165) is 56.0 Å². The number of hydrogen-bond acceptors (Lipinski definition) is 6. The van der Waals surface area contributed by atoms with Gasteiger partial charge in [-0.2, -0.15) is 0 Å². The Hall–Kier alpha value is -2.28. The summed E-state index contributed by atoms with van der Waals surface area (Å²) >= 11 is 0. The number of aryl methyl sites for hydroxylation is 2. The predicted octanol–water partition coefficient (Wildman–Crippen LogP) is 1.66. The first-order valence-corrected chi connectivity index (χ1v) is 8.97. The lowest BCUT2D eigenvalue weighted by Gasteiger charge is -2.23. The minimum Gasteiger partial charge on any atom is -0.361 e. The molecule has 1 amide bonds. The van der Waals surface area contributed by atoms with Crippen LogP contribution in [0, 0.1) is 6.92 Å². The molecule has 1 unspecified atom stereocenters. The molecule has 0 bridgehead atoms. The first kappa shape index (κ1) is 16.2. The van der Waals surface area contributed by atoms with E-state index in [2.05, 4.69) is 25.3 Å². The van der Waals surface area contributed by atoms with Gasteiger partial charge in [0.15, 0.2) is 0 Å². The van der Waals surface area contributed by atoms with Gasteiger partial charge < -0.3 is 9.84 Å². The second-order valence-corrected chi connectivity index (χ2v) is 6.97. The Balaban J connectivity index is 1.42. The Morgan fingerprint density at radius 3 is 2.92 bits per heavy atom. The van der Waals surface area contributed by atoms with E-state index >= 15 is 0 Å². The fourth-order valence-corrected chi connectivity index (χ4v) is 3.63. The third-order valence-corrected chi connectivity index (χ3v) is 5.04. The lowest BCUT2D eigenvalue weighted by atomic mass is 9.92. The molecular weight excluding hydrogens is 318 g/mol. The standard InChI is InChI=1S/C18H23N5O2/c1-12-9-20-15(10-19-12)18(24)21-13-4-5-17-14(8-13)16(22-25-17)11-23-6-2-3-7-23/h9-10,13H,2-8,11H2,1H3,(H,21,24). The van der Waals surface area contributed by atoms with Crippen LogP contribution in [0.4, 0.5) is 0 Å². The second kappa shape index (κ2) is 6.92. The summed E-state index contributed by atoms with van der Waals surface area (Å²) in [4.78, 5) is 23.1. The van der Waals surface area contributed by atoms with Crippen LogP contribution >= 0.6 is 0 Å². The fraction of sp³-hybridized carbons (Fsp3) is 0.556. The zero-order valence-corrected chi connectivity index (χ0v) is 14.5. The number of carbonyl (C=O) groups excluding carboxylic acids is 1. The van der Waals surface area contributed by atoms with E-state index in [4.69, 9.17) is 4.52 Å². The van der Waals surface area contributed by atoms with Crippen molar-refractivity contribution in [1.82, 2.24) is 25.3 Å². The Labute approximate surface area is 146 Å². The molecule has 1 aliphatic heterocycles. The Bertz CT molecular complexity index is 749. The van der Waals surface area contributed by atoms with Gasteiger partial charge in [-0.25, -0.2) is 4.98 Å². The number of carbonyl (C=O) groups is 1. The highest BCUT2D eigenvalue weighted by atomic mass is 16.5. The summed E-state index contributed by atoms with van der Waals surface area (Å²) in [6.07, 6.45) is 8.10. The van der Waals surface area contributed by atoms with E-state index in [1.165, 1.54) is 24.6 Å². The molecule has 132 valence electrons. The summed E-state index contributed by atoms with van der Waals surface area (Å²) < 4.78 is 5.54. The normalized spacial score (nSPS) is 20.4. The van der Waals surface area contributed by atoms with E-state index in [1.54, 1.807) is 6.20 Å². The van der Waals surface area contributed by atoms with E-state index in [1.807, 2.05) is 6.92 Å². The van der Waals surface area contributed by atoms with Gasteiger partial charge in [-0.1, -0.05) is 5.16 Å². The summed E-state index contributed by atoms with van der Waals surface area (Å²) in [5, 5.41) is 7.37. The highest BCUT2D eigenvalue weighted by molar-refractivity contribution is 5.92. The van der Waals surface area contributed by atoms with Gasteiger partial charge in [-0.3, -0.25) is 14.7 Å². The second-order valence-electron chi connectivity index (χ2n) is 6.97. The van der Waals surface area contributed by atoms with Crippen molar-refractivity contribution in [3.05, 3.63) is 40.8 Å². The molecule has 25 heavy (non-hydrogen) atoms. The minimum atomic E-state index is -0.168. The largest absolute Gasteiger partial charge is 0.361 e. The van der Waals surface area contributed by atoms with Crippen LogP contribution in [0.2, 0.25) is 0 Å². The van der Waals surface area contributed by atoms with Gasteiger partial charge in [-0.15, -0.1) is 0 Å². The van der Waals surface area contributed by atoms with Crippen LogP contribution in [-0.4, -0.2) is 45.1 Å².